The normalized spacial score (nSPS) is 12.9. The van der Waals surface area contributed by atoms with E-state index in [1.807, 2.05) is 30.3 Å². The Kier molecular flexibility index (Phi) is 7.89. The van der Waals surface area contributed by atoms with Crippen LogP contribution in [-0.2, 0) is 16.0 Å². The summed E-state index contributed by atoms with van der Waals surface area (Å²) in [7, 11) is 1.45. The molecule has 2 heterocycles. The summed E-state index contributed by atoms with van der Waals surface area (Å²) in [5.74, 6) is -0.175. The molecule has 1 unspecified atom stereocenters. The number of anilines is 2. The zero-order chi connectivity index (χ0) is 29.1. The number of aromatic nitrogens is 1. The first kappa shape index (κ1) is 27.7. The van der Waals surface area contributed by atoms with E-state index in [1.165, 1.54) is 30.9 Å². The number of carbonyl (C=O) groups is 3. The lowest BCUT2D eigenvalue weighted by Crippen LogP contribution is -2.34. The number of rotatable bonds is 8. The smallest absolute Gasteiger partial charge is 0.262 e. The number of nitrogens with one attached hydrogen (secondary N) is 2. The predicted molar refractivity (Wildman–Crippen MR) is 156 cm³/mol. The van der Waals surface area contributed by atoms with Gasteiger partial charge in [-0.1, -0.05) is 41.9 Å². The van der Waals surface area contributed by atoms with Gasteiger partial charge in [-0.25, -0.2) is 0 Å². The largest absolute Gasteiger partial charge is 0.495 e. The van der Waals surface area contributed by atoms with Crippen molar-refractivity contribution in [3.63, 3.8) is 0 Å². The van der Waals surface area contributed by atoms with E-state index in [4.69, 9.17) is 21.1 Å². The van der Waals surface area contributed by atoms with Gasteiger partial charge in [0.2, 0.25) is 5.91 Å². The number of hydrogen-bond acceptors (Lipinski definition) is 6. The van der Waals surface area contributed by atoms with E-state index in [2.05, 4.69) is 10.6 Å². The average Bonchev–Trinajstić information content (AvgIpc) is 2.96. The number of carbonyl (C=O) groups excluding carboxylic acids is 3. The summed E-state index contributed by atoms with van der Waals surface area (Å²) in [5, 5.41) is 5.97. The topological polar surface area (TPSA) is 116 Å². The molecule has 0 bridgehead atoms. The van der Waals surface area contributed by atoms with E-state index >= 15 is 0 Å². The van der Waals surface area contributed by atoms with Gasteiger partial charge in [0.15, 0.2) is 12.4 Å². The van der Waals surface area contributed by atoms with Gasteiger partial charge in [0.1, 0.15) is 17.5 Å². The highest BCUT2D eigenvalue weighted by Crippen LogP contribution is 2.35. The van der Waals surface area contributed by atoms with E-state index in [0.717, 1.165) is 5.56 Å². The molecule has 1 aromatic heterocycles. The van der Waals surface area contributed by atoms with Crippen LogP contribution in [0.15, 0.2) is 83.8 Å². The number of Topliss-reactive ketones (excluding diaryl/α,β-unsaturated/α-hetero) is 1. The Bertz CT molecular complexity index is 1720. The van der Waals surface area contributed by atoms with E-state index in [9.17, 15) is 19.2 Å². The van der Waals surface area contributed by atoms with Gasteiger partial charge in [0.25, 0.3) is 11.5 Å². The number of halogens is 1. The predicted octanol–water partition coefficient (Wildman–Crippen LogP) is 5.13. The molecule has 0 fully saturated rings. The third-order valence-corrected chi connectivity index (χ3v) is 6.94. The number of hydrogen-bond donors (Lipinski definition) is 2. The highest BCUT2D eigenvalue weighted by atomic mass is 35.5. The molecule has 4 aromatic rings. The number of benzene rings is 3. The molecule has 10 heteroatoms. The van der Waals surface area contributed by atoms with Crippen LogP contribution < -0.4 is 25.7 Å². The zero-order valence-electron chi connectivity index (χ0n) is 22.3. The Morgan fingerprint density at radius 1 is 1.05 bits per heavy atom. The van der Waals surface area contributed by atoms with Gasteiger partial charge in [-0.15, -0.1) is 0 Å². The van der Waals surface area contributed by atoms with Crippen LogP contribution in [0.3, 0.4) is 0 Å². The van der Waals surface area contributed by atoms with Crippen LogP contribution in [0, 0.1) is 0 Å². The summed E-state index contributed by atoms with van der Waals surface area (Å²) in [6.45, 7) is 1.35. The first-order valence-electron chi connectivity index (χ1n) is 12.8. The number of ether oxygens (including phenoxy) is 2. The van der Waals surface area contributed by atoms with Crippen LogP contribution in [-0.4, -0.2) is 35.9 Å². The molecule has 1 aliphatic heterocycles. The maximum absolute atomic E-state index is 13.8. The van der Waals surface area contributed by atoms with Gasteiger partial charge < -0.3 is 20.1 Å². The van der Waals surface area contributed by atoms with Gasteiger partial charge in [-0.2, -0.15) is 0 Å². The average molecular weight is 572 g/mol. The summed E-state index contributed by atoms with van der Waals surface area (Å²) >= 11 is 6.23. The van der Waals surface area contributed by atoms with Crippen molar-refractivity contribution in [2.24, 2.45) is 0 Å². The number of fused-ring (bicyclic) bond motifs is 1. The molecule has 208 valence electrons. The van der Waals surface area contributed by atoms with E-state index in [1.54, 1.807) is 36.4 Å². The van der Waals surface area contributed by atoms with Crippen LogP contribution in [0.25, 0.3) is 11.1 Å². The van der Waals surface area contributed by atoms with Crippen molar-refractivity contribution in [2.45, 2.75) is 19.4 Å². The molecule has 2 amide bonds. The van der Waals surface area contributed by atoms with Crippen molar-refractivity contribution >= 4 is 40.6 Å². The molecule has 0 spiro atoms. The van der Waals surface area contributed by atoms with E-state index < -0.39 is 17.5 Å². The van der Waals surface area contributed by atoms with Gasteiger partial charge in [0.05, 0.1) is 19.0 Å². The molecule has 41 heavy (non-hydrogen) atoms. The van der Waals surface area contributed by atoms with Crippen molar-refractivity contribution in [3.8, 4) is 22.6 Å². The second-order valence-electron chi connectivity index (χ2n) is 9.49. The number of ketones is 1. The lowest BCUT2D eigenvalue weighted by Gasteiger charge is -2.23. The summed E-state index contributed by atoms with van der Waals surface area (Å²) in [5.41, 5.74) is 2.43. The monoisotopic (exact) mass is 571 g/mol. The van der Waals surface area contributed by atoms with Gasteiger partial charge >= 0.3 is 0 Å². The highest BCUT2D eigenvalue weighted by molar-refractivity contribution is 6.31. The van der Waals surface area contributed by atoms with Crippen LogP contribution >= 0.6 is 11.6 Å². The minimum absolute atomic E-state index is 0.0816. The molecule has 0 radical (unpaired) electrons. The lowest BCUT2D eigenvalue weighted by atomic mass is 9.97. The Balaban J connectivity index is 1.56. The summed E-state index contributed by atoms with van der Waals surface area (Å²) < 4.78 is 12.3. The minimum Gasteiger partial charge on any atom is -0.495 e. The van der Waals surface area contributed by atoms with Crippen LogP contribution in [0.5, 0.6) is 11.5 Å². The molecule has 0 aliphatic carbocycles. The molecular weight excluding hydrogens is 546 g/mol. The van der Waals surface area contributed by atoms with Crippen LogP contribution in [0.2, 0.25) is 5.02 Å². The maximum atomic E-state index is 13.8. The molecule has 1 aliphatic rings. The third-order valence-electron chi connectivity index (χ3n) is 6.71. The molecule has 0 saturated carbocycles. The molecular formula is C31H26ClN3O6. The third kappa shape index (κ3) is 6.00. The van der Waals surface area contributed by atoms with Crippen molar-refractivity contribution in [2.75, 3.05) is 24.4 Å². The molecule has 9 nitrogen and oxygen atoms in total. The Morgan fingerprint density at radius 2 is 1.83 bits per heavy atom. The van der Waals surface area contributed by atoms with Gasteiger partial charge in [-0.3, -0.25) is 23.7 Å². The number of methoxy groups -OCH3 is 1. The maximum Gasteiger partial charge on any atom is 0.262 e. The quantitative estimate of drug-likeness (QED) is 0.283. The first-order valence-corrected chi connectivity index (χ1v) is 13.1. The Morgan fingerprint density at radius 3 is 2.56 bits per heavy atom. The van der Waals surface area contributed by atoms with E-state index in [0.29, 0.717) is 38.8 Å². The second-order valence-corrected chi connectivity index (χ2v) is 9.93. The molecule has 2 N–H and O–H groups in total. The Hall–Kier alpha value is -4.89. The van der Waals surface area contributed by atoms with Crippen molar-refractivity contribution < 1.29 is 23.9 Å². The van der Waals surface area contributed by atoms with Gasteiger partial charge in [0, 0.05) is 34.3 Å². The lowest BCUT2D eigenvalue weighted by molar-refractivity contribution is -0.119. The van der Waals surface area contributed by atoms with Crippen molar-refractivity contribution in [1.29, 1.82) is 0 Å². The Labute approximate surface area is 240 Å². The van der Waals surface area contributed by atoms with Gasteiger partial charge in [-0.05, 0) is 54.4 Å². The molecule has 3 aromatic carbocycles. The fourth-order valence-corrected chi connectivity index (χ4v) is 4.90. The van der Waals surface area contributed by atoms with Crippen molar-refractivity contribution in [3.05, 3.63) is 105 Å². The van der Waals surface area contributed by atoms with Crippen LogP contribution in [0.4, 0.5) is 11.4 Å². The molecule has 5 rings (SSSR count). The van der Waals surface area contributed by atoms with E-state index in [-0.39, 0.29) is 30.5 Å². The second kappa shape index (κ2) is 11.7. The summed E-state index contributed by atoms with van der Waals surface area (Å²) in [6.07, 6.45) is 1.67. The molecule has 0 saturated heterocycles. The number of nitrogens with zero attached hydrogens (tertiary/aromatic N) is 1. The summed E-state index contributed by atoms with van der Waals surface area (Å²) in [4.78, 5) is 51.5. The fourth-order valence-electron chi connectivity index (χ4n) is 4.73. The molecule has 1 atom stereocenters. The minimum atomic E-state index is -0.971. The number of amides is 2. The van der Waals surface area contributed by atoms with Crippen molar-refractivity contribution in [1.82, 2.24) is 4.57 Å². The SMILES string of the molecule is COc1cn(C(Cc2ccccc2)C(=O)Nc2ccc3c(c2)NC(=O)CO3)c(=O)cc1-c1cc(Cl)ccc1C(C)=O. The zero-order valence-corrected chi connectivity index (χ0v) is 23.0. The highest BCUT2D eigenvalue weighted by Gasteiger charge is 2.26. The first-order chi connectivity index (χ1) is 19.7. The van der Waals surface area contributed by atoms with Crippen LogP contribution in [0.1, 0.15) is 28.9 Å². The fraction of sp³-hybridized carbons (Fsp3) is 0.161. The summed E-state index contributed by atoms with van der Waals surface area (Å²) in [6, 6.07) is 19.4. The number of pyridine rings is 1. The standard InChI is InChI=1S/C31H26ClN3O6/c1-18(36)22-10-8-20(32)13-23(22)24-15-30(38)35(16-28(24)40-2)26(12-19-6-4-3-5-7-19)31(39)33-21-9-11-27-25(14-21)34-29(37)17-41-27/h3-11,13-16,26H,12,17H2,1-2H3,(H,33,39)(H,34,37).